The van der Waals surface area contributed by atoms with Gasteiger partial charge in [0.2, 0.25) is 0 Å². The second kappa shape index (κ2) is 7.56. The minimum absolute atomic E-state index is 0.923. The first-order valence-corrected chi connectivity index (χ1v) is 7.57. The average Bonchev–Trinajstić information content (AvgIpc) is 2.89. The zero-order chi connectivity index (χ0) is 12.6. The molecule has 1 aromatic carbocycles. The smallest absolute Gasteiger partial charge is 0.162 e. The summed E-state index contributed by atoms with van der Waals surface area (Å²) in [6.07, 6.45) is 0. The van der Waals surface area contributed by atoms with Gasteiger partial charge in [-0.15, -0.1) is 11.3 Å². The number of hydrogen-bond acceptors (Lipinski definition) is 4. The first-order chi connectivity index (χ1) is 8.88. The van der Waals surface area contributed by atoms with Gasteiger partial charge in [-0.1, -0.05) is 30.1 Å². The third-order valence-corrected chi connectivity index (χ3v) is 4.07. The van der Waals surface area contributed by atoms with Crippen molar-refractivity contribution in [3.8, 4) is 0 Å². The van der Waals surface area contributed by atoms with E-state index in [4.69, 9.17) is 4.84 Å². The molecule has 0 aliphatic heterocycles. The Morgan fingerprint density at radius 3 is 3.06 bits per heavy atom. The van der Waals surface area contributed by atoms with E-state index < -0.39 is 0 Å². The highest BCUT2D eigenvalue weighted by atomic mass is 32.2. The van der Waals surface area contributed by atoms with Crippen molar-refractivity contribution in [3.05, 3.63) is 52.2 Å². The lowest BCUT2D eigenvalue weighted by atomic mass is 10.2. The van der Waals surface area contributed by atoms with Crippen LogP contribution in [-0.4, -0.2) is 7.11 Å². The van der Waals surface area contributed by atoms with Crippen molar-refractivity contribution >= 4 is 29.0 Å². The molecule has 1 aromatic heterocycles. The Balaban J connectivity index is 1.74. The van der Waals surface area contributed by atoms with E-state index in [1.54, 1.807) is 35.9 Å². The van der Waals surface area contributed by atoms with Gasteiger partial charge in [-0.05, 0) is 17.0 Å². The second-order valence-corrected chi connectivity index (χ2v) is 5.69. The lowest BCUT2D eigenvalue weighted by Crippen LogP contribution is -2.75. The van der Waals surface area contributed by atoms with Crippen LogP contribution in [-0.2, 0) is 17.1 Å². The molecule has 0 atom stereocenters. The van der Waals surface area contributed by atoms with Crippen molar-refractivity contribution < 1.29 is 10.3 Å². The van der Waals surface area contributed by atoms with Crippen LogP contribution in [0.5, 0.6) is 0 Å². The van der Waals surface area contributed by atoms with E-state index in [2.05, 4.69) is 40.4 Å². The normalized spacial score (nSPS) is 10.7. The Kier molecular flexibility index (Phi) is 5.70. The number of quaternary nitrogens is 1. The quantitative estimate of drug-likeness (QED) is 0.354. The van der Waals surface area contributed by atoms with Gasteiger partial charge >= 0.3 is 0 Å². The maximum absolute atomic E-state index is 5.01. The van der Waals surface area contributed by atoms with Crippen LogP contribution in [0.4, 0.5) is 5.69 Å². The van der Waals surface area contributed by atoms with Gasteiger partial charge in [-0.25, -0.2) is 4.84 Å². The number of nitrogens with one attached hydrogen (secondary N) is 1. The standard InChI is InChI=1S/C13H16N2OS2/c1-16-15-12-5-2-4-11(8-12)10-18-14-9-13-6-3-7-17-13/h2-8,14-15H,9-10H2,1H3/p+1. The Morgan fingerprint density at radius 2 is 2.28 bits per heavy atom. The van der Waals surface area contributed by atoms with Gasteiger partial charge in [0.05, 0.1) is 7.11 Å². The summed E-state index contributed by atoms with van der Waals surface area (Å²) in [6.45, 7) is 0.923. The molecule has 1 heterocycles. The summed E-state index contributed by atoms with van der Waals surface area (Å²) >= 11 is 3.51. The van der Waals surface area contributed by atoms with Gasteiger partial charge in [-0.2, -0.15) is 5.48 Å². The SMILES string of the molecule is CO[NH2+]c1cccc(CSNCc2cccs2)c1. The Labute approximate surface area is 116 Å². The molecule has 0 spiro atoms. The molecule has 18 heavy (non-hydrogen) atoms. The van der Waals surface area contributed by atoms with Crippen molar-refractivity contribution in [2.75, 3.05) is 7.11 Å². The monoisotopic (exact) mass is 281 g/mol. The molecule has 3 nitrogen and oxygen atoms in total. The first-order valence-electron chi connectivity index (χ1n) is 5.70. The Morgan fingerprint density at radius 1 is 1.33 bits per heavy atom. The largest absolute Gasteiger partial charge is 0.259 e. The number of nitrogens with two attached hydrogens (primary N) is 1. The van der Waals surface area contributed by atoms with Crippen LogP contribution in [0.1, 0.15) is 10.4 Å². The molecule has 0 bridgehead atoms. The minimum atomic E-state index is 0.923. The highest BCUT2D eigenvalue weighted by molar-refractivity contribution is 7.96. The van der Waals surface area contributed by atoms with Crippen molar-refractivity contribution in [2.24, 2.45) is 0 Å². The van der Waals surface area contributed by atoms with Crippen LogP contribution in [0.15, 0.2) is 41.8 Å². The predicted octanol–water partition coefficient (Wildman–Crippen LogP) is 2.44. The molecule has 0 unspecified atom stereocenters. The second-order valence-electron chi connectivity index (χ2n) is 3.79. The minimum Gasteiger partial charge on any atom is -0.259 e. The van der Waals surface area contributed by atoms with Gasteiger partial charge in [0.15, 0.2) is 5.69 Å². The summed E-state index contributed by atoms with van der Waals surface area (Å²) < 4.78 is 3.37. The van der Waals surface area contributed by atoms with Crippen LogP contribution in [0.25, 0.3) is 0 Å². The van der Waals surface area contributed by atoms with Crippen molar-refractivity contribution in [3.63, 3.8) is 0 Å². The molecule has 96 valence electrons. The van der Waals surface area contributed by atoms with E-state index in [-0.39, 0.29) is 0 Å². The number of benzene rings is 1. The summed E-state index contributed by atoms with van der Waals surface area (Å²) in [5.41, 5.74) is 4.16. The topological polar surface area (TPSA) is 37.9 Å². The van der Waals surface area contributed by atoms with Crippen LogP contribution < -0.4 is 10.2 Å². The lowest BCUT2D eigenvalue weighted by molar-refractivity contribution is -0.830. The van der Waals surface area contributed by atoms with Gasteiger partial charge in [0.1, 0.15) is 0 Å². The van der Waals surface area contributed by atoms with Crippen LogP contribution in [0, 0.1) is 0 Å². The van der Waals surface area contributed by atoms with Gasteiger partial charge < -0.3 is 0 Å². The number of rotatable bonds is 7. The van der Waals surface area contributed by atoms with Gasteiger partial charge in [0, 0.05) is 29.3 Å². The molecular formula is C13H17N2OS2+. The van der Waals surface area contributed by atoms with Gasteiger partial charge in [0.25, 0.3) is 0 Å². The summed E-state index contributed by atoms with van der Waals surface area (Å²) in [7, 11) is 1.67. The third kappa shape index (κ3) is 4.44. The van der Waals surface area contributed by atoms with Gasteiger partial charge in [-0.3, -0.25) is 4.72 Å². The summed E-state index contributed by atoms with van der Waals surface area (Å²) in [4.78, 5) is 6.38. The van der Waals surface area contributed by atoms with Crippen molar-refractivity contribution in [2.45, 2.75) is 12.3 Å². The van der Waals surface area contributed by atoms with E-state index in [1.807, 2.05) is 6.07 Å². The molecule has 0 saturated carbocycles. The zero-order valence-corrected chi connectivity index (χ0v) is 11.9. The summed E-state index contributed by atoms with van der Waals surface area (Å²) in [5, 5.41) is 2.10. The van der Waals surface area contributed by atoms with E-state index in [0.717, 1.165) is 18.0 Å². The molecule has 5 heteroatoms. The maximum atomic E-state index is 5.01. The van der Waals surface area contributed by atoms with Crippen LogP contribution in [0.2, 0.25) is 0 Å². The predicted molar refractivity (Wildman–Crippen MR) is 77.5 cm³/mol. The number of hydrogen-bond donors (Lipinski definition) is 2. The summed E-state index contributed by atoms with van der Waals surface area (Å²) in [5.74, 6) is 0.955. The molecule has 0 fully saturated rings. The molecule has 2 aromatic rings. The van der Waals surface area contributed by atoms with Crippen LogP contribution >= 0.6 is 23.3 Å². The fraction of sp³-hybridized carbons (Fsp3) is 0.231. The molecule has 0 saturated heterocycles. The Hall–Kier alpha value is -0.850. The van der Waals surface area contributed by atoms with Crippen molar-refractivity contribution in [1.82, 2.24) is 4.72 Å². The summed E-state index contributed by atoms with van der Waals surface area (Å²) in [6, 6.07) is 12.6. The Bertz CT molecular complexity index is 460. The molecule has 0 amide bonds. The maximum Gasteiger partial charge on any atom is 0.162 e. The van der Waals surface area contributed by atoms with Crippen molar-refractivity contribution in [1.29, 1.82) is 0 Å². The number of thiophene rings is 1. The fourth-order valence-corrected chi connectivity index (χ4v) is 3.00. The highest BCUT2D eigenvalue weighted by Gasteiger charge is 2.00. The molecule has 0 radical (unpaired) electrons. The molecular weight excluding hydrogens is 264 g/mol. The fourth-order valence-electron chi connectivity index (χ4n) is 1.56. The molecule has 0 aliphatic carbocycles. The first kappa shape index (κ1) is 13.6. The molecule has 0 aliphatic rings. The molecule has 3 N–H and O–H groups in total. The highest BCUT2D eigenvalue weighted by Crippen LogP contribution is 2.14. The average molecular weight is 281 g/mol. The molecule has 2 rings (SSSR count). The lowest BCUT2D eigenvalue weighted by Gasteiger charge is -2.04. The van der Waals surface area contributed by atoms with E-state index >= 15 is 0 Å². The van der Waals surface area contributed by atoms with E-state index in [9.17, 15) is 0 Å². The zero-order valence-electron chi connectivity index (χ0n) is 10.3. The van der Waals surface area contributed by atoms with Crippen LogP contribution in [0.3, 0.4) is 0 Å². The third-order valence-electron chi connectivity index (χ3n) is 2.37. The van der Waals surface area contributed by atoms with E-state index in [0.29, 0.717) is 0 Å². The van der Waals surface area contributed by atoms with E-state index in [1.165, 1.54) is 10.4 Å².